The predicted molar refractivity (Wildman–Crippen MR) is 337 cm³/mol. The van der Waals surface area contributed by atoms with E-state index in [4.69, 9.17) is 13.3 Å². The van der Waals surface area contributed by atoms with E-state index in [1.807, 2.05) is 12.1 Å². The first-order valence-electron chi connectivity index (χ1n) is 27.5. The van der Waals surface area contributed by atoms with Crippen molar-refractivity contribution in [3.8, 4) is 44.5 Å². The van der Waals surface area contributed by atoms with Crippen molar-refractivity contribution in [1.82, 2.24) is 0 Å². The summed E-state index contributed by atoms with van der Waals surface area (Å²) in [4.78, 5) is 4.86. The van der Waals surface area contributed by atoms with Crippen molar-refractivity contribution in [1.29, 1.82) is 0 Å². The van der Waals surface area contributed by atoms with Crippen molar-refractivity contribution in [3.05, 3.63) is 291 Å². The van der Waals surface area contributed by atoms with Crippen LogP contribution in [0.3, 0.4) is 0 Å². The van der Waals surface area contributed by atoms with E-state index in [9.17, 15) is 0 Å². The molecule has 3 heterocycles. The smallest absolute Gasteiger partial charge is 0.162 e. The summed E-state index contributed by atoms with van der Waals surface area (Å²) < 4.78 is 21.8. The van der Waals surface area contributed by atoms with Gasteiger partial charge in [-0.1, -0.05) is 237 Å². The summed E-state index contributed by atoms with van der Waals surface area (Å²) in [6.07, 6.45) is 0. The summed E-state index contributed by atoms with van der Waals surface area (Å²) in [6, 6.07) is 104. The van der Waals surface area contributed by atoms with Gasteiger partial charge in [0.1, 0.15) is 16.7 Å². The maximum Gasteiger partial charge on any atom is 0.162 e. The summed E-state index contributed by atoms with van der Waals surface area (Å²) >= 11 is 0. The van der Waals surface area contributed by atoms with Crippen LogP contribution in [-0.4, -0.2) is 0 Å². The minimum absolute atomic E-state index is 0.716. The van der Waals surface area contributed by atoms with Crippen LogP contribution in [0.5, 0.6) is 0 Å². The Morgan fingerprint density at radius 3 is 1.02 bits per heavy atom. The average molecular weight is 1040 g/mol. The number of rotatable bonds is 10. The molecule has 0 saturated carbocycles. The first kappa shape index (κ1) is 46.2. The van der Waals surface area contributed by atoms with Gasteiger partial charge in [0.25, 0.3) is 0 Å². The largest absolute Gasteiger partial charge is 0.454 e. The minimum atomic E-state index is 0.716. The zero-order valence-corrected chi connectivity index (χ0v) is 43.8. The topological polar surface area (TPSA) is 45.9 Å². The van der Waals surface area contributed by atoms with Crippen molar-refractivity contribution < 1.29 is 13.3 Å². The molecule has 0 atom stereocenters. The average Bonchev–Trinajstić information content (AvgIpc) is 3.98. The third-order valence-electron chi connectivity index (χ3n) is 16.0. The first-order valence-corrected chi connectivity index (χ1v) is 27.5. The second-order valence-corrected chi connectivity index (χ2v) is 20.6. The molecule has 0 aliphatic heterocycles. The zero-order valence-electron chi connectivity index (χ0n) is 43.8. The van der Waals surface area contributed by atoms with Gasteiger partial charge in [-0.3, -0.25) is 0 Å². The molecule has 0 saturated heterocycles. The maximum atomic E-state index is 7.59. The van der Waals surface area contributed by atoms with Gasteiger partial charge in [-0.05, 0) is 88.0 Å². The Bertz CT molecular complexity index is 5060. The maximum absolute atomic E-state index is 7.59. The molecule has 0 spiro atoms. The summed E-state index contributed by atoms with van der Waals surface area (Å²) in [5.41, 5.74) is 19.0. The van der Waals surface area contributed by atoms with E-state index in [0.29, 0.717) is 5.58 Å². The molecule has 0 radical (unpaired) electrons. The van der Waals surface area contributed by atoms with Gasteiger partial charge in [0, 0.05) is 48.8 Å². The lowest BCUT2D eigenvalue weighted by molar-refractivity contribution is 0.666. The molecule has 0 aliphatic carbocycles. The molecule has 81 heavy (non-hydrogen) atoms. The number of anilines is 6. The molecule has 5 heteroatoms. The van der Waals surface area contributed by atoms with Gasteiger partial charge in [-0.15, -0.1) is 0 Å². The van der Waals surface area contributed by atoms with Crippen molar-refractivity contribution >= 4 is 111 Å². The van der Waals surface area contributed by atoms with Crippen LogP contribution in [-0.2, 0) is 0 Å². The summed E-state index contributed by atoms with van der Waals surface area (Å²) in [5, 5.41) is 8.06. The fraction of sp³-hybridized carbons (Fsp3) is 0. The quantitative estimate of drug-likeness (QED) is 0.128. The SMILES string of the molecule is c1ccc(-c2ccc(N(c3cccc4c3oc3ccccc34)c3c4ccccc4c(N(c4ccc(-c5ccccc5)cc4-c4ccccc4)c4cccc5c4oc4ccccc45)c4c3oc3ccccc34)c(-c3ccccc3)c2)cc1. The van der Waals surface area contributed by atoms with Crippen LogP contribution in [0.15, 0.2) is 304 Å². The Kier molecular flexibility index (Phi) is 10.8. The Hall–Kier alpha value is -10.9. The fourth-order valence-corrected chi connectivity index (χ4v) is 12.4. The zero-order chi connectivity index (χ0) is 53.4. The van der Waals surface area contributed by atoms with E-state index < -0.39 is 0 Å². The standard InChI is InChI=1S/C76H48N2O3/c1-5-23-49(24-6-1)53-43-45-64(62(47-53)51-27-9-3-10-28-51)77(66-38-21-36-59-55-31-15-18-40-68(55)79-74(59)66)72-57-33-13-14-34-58(57)73(76-71(72)61-35-17-20-42-70(61)81-76)78(67-39-22-37-60-56-32-16-19-41-69(56)80-75(60)67)65-46-44-54(50-25-7-2-8-26-50)48-63(65)52-29-11-4-12-30-52/h1-48H. The molecule has 0 aliphatic rings. The van der Waals surface area contributed by atoms with E-state index in [0.717, 1.165) is 150 Å². The third-order valence-corrected chi connectivity index (χ3v) is 16.0. The molecule has 16 rings (SSSR count). The summed E-state index contributed by atoms with van der Waals surface area (Å²) in [6.45, 7) is 0. The van der Waals surface area contributed by atoms with E-state index >= 15 is 0 Å². The first-order chi connectivity index (χ1) is 40.2. The highest BCUT2D eigenvalue weighted by molar-refractivity contribution is 6.30. The van der Waals surface area contributed by atoms with Gasteiger partial charge >= 0.3 is 0 Å². The van der Waals surface area contributed by atoms with E-state index in [2.05, 4.69) is 289 Å². The Balaban J connectivity index is 1.08. The fourth-order valence-electron chi connectivity index (χ4n) is 12.4. The molecule has 380 valence electrons. The number of nitrogens with zero attached hydrogens (tertiary/aromatic N) is 2. The predicted octanol–water partition coefficient (Wildman–Crippen LogP) is 22.1. The Morgan fingerprint density at radius 1 is 0.210 bits per heavy atom. The second kappa shape index (κ2) is 18.9. The van der Waals surface area contributed by atoms with Crippen LogP contribution in [0.1, 0.15) is 0 Å². The molecular weight excluding hydrogens is 989 g/mol. The van der Waals surface area contributed by atoms with E-state index in [1.165, 1.54) is 0 Å². The monoisotopic (exact) mass is 1040 g/mol. The lowest BCUT2D eigenvalue weighted by atomic mass is 9.93. The normalized spacial score (nSPS) is 11.7. The van der Waals surface area contributed by atoms with Crippen molar-refractivity contribution in [2.45, 2.75) is 0 Å². The van der Waals surface area contributed by atoms with Crippen LogP contribution in [0.25, 0.3) is 121 Å². The van der Waals surface area contributed by atoms with E-state index in [1.54, 1.807) is 0 Å². The highest BCUT2D eigenvalue weighted by Gasteiger charge is 2.33. The number of para-hydroxylation sites is 5. The molecule has 13 aromatic carbocycles. The Morgan fingerprint density at radius 2 is 0.556 bits per heavy atom. The van der Waals surface area contributed by atoms with Gasteiger partial charge in [-0.2, -0.15) is 0 Å². The van der Waals surface area contributed by atoms with E-state index in [-0.39, 0.29) is 0 Å². The van der Waals surface area contributed by atoms with Crippen LogP contribution < -0.4 is 9.80 Å². The molecule has 16 aromatic rings. The molecule has 0 unspecified atom stereocenters. The van der Waals surface area contributed by atoms with Crippen molar-refractivity contribution in [2.75, 3.05) is 9.80 Å². The van der Waals surface area contributed by atoms with Crippen LogP contribution in [0.2, 0.25) is 0 Å². The van der Waals surface area contributed by atoms with Crippen LogP contribution in [0.4, 0.5) is 34.1 Å². The highest BCUT2D eigenvalue weighted by atomic mass is 16.3. The molecule has 5 nitrogen and oxygen atoms in total. The molecule has 3 aromatic heterocycles. The molecule has 0 N–H and O–H groups in total. The lowest BCUT2D eigenvalue weighted by Crippen LogP contribution is -2.16. The Labute approximate surface area is 467 Å². The van der Waals surface area contributed by atoms with Gasteiger partial charge in [0.05, 0.1) is 39.5 Å². The van der Waals surface area contributed by atoms with Crippen molar-refractivity contribution in [2.24, 2.45) is 0 Å². The molecule has 0 amide bonds. The molecule has 0 bridgehead atoms. The molecular formula is C76H48N2O3. The number of hydrogen-bond acceptors (Lipinski definition) is 5. The third kappa shape index (κ3) is 7.55. The highest BCUT2D eigenvalue weighted by Crippen LogP contribution is 2.58. The number of furan rings is 3. The number of benzene rings is 13. The van der Waals surface area contributed by atoms with Gasteiger partial charge < -0.3 is 23.1 Å². The van der Waals surface area contributed by atoms with Crippen molar-refractivity contribution in [3.63, 3.8) is 0 Å². The van der Waals surface area contributed by atoms with Gasteiger partial charge in [0.15, 0.2) is 16.7 Å². The van der Waals surface area contributed by atoms with Crippen LogP contribution >= 0.6 is 0 Å². The second-order valence-electron chi connectivity index (χ2n) is 20.6. The van der Waals surface area contributed by atoms with Crippen LogP contribution in [0, 0.1) is 0 Å². The summed E-state index contributed by atoms with van der Waals surface area (Å²) in [5.74, 6) is 0. The van der Waals surface area contributed by atoms with Gasteiger partial charge in [0.2, 0.25) is 0 Å². The molecule has 0 fully saturated rings. The lowest BCUT2D eigenvalue weighted by Gasteiger charge is -2.33. The van der Waals surface area contributed by atoms with Gasteiger partial charge in [-0.25, -0.2) is 0 Å². The minimum Gasteiger partial charge on any atom is -0.454 e. The number of fused-ring (bicyclic) bond motifs is 10. The number of hydrogen-bond donors (Lipinski definition) is 0. The summed E-state index contributed by atoms with van der Waals surface area (Å²) in [7, 11) is 0.